The van der Waals surface area contributed by atoms with Gasteiger partial charge in [0.15, 0.2) is 0 Å². The summed E-state index contributed by atoms with van der Waals surface area (Å²) in [6.07, 6.45) is 2.10. The van der Waals surface area contributed by atoms with Gasteiger partial charge >= 0.3 is 0 Å². The highest BCUT2D eigenvalue weighted by Gasteiger charge is 2.20. The smallest absolute Gasteiger partial charge is 0.119 e. The Morgan fingerprint density at radius 3 is 2.75 bits per heavy atom. The average Bonchev–Trinajstić information content (AvgIpc) is 2.46. The van der Waals surface area contributed by atoms with Crippen molar-refractivity contribution < 1.29 is 14.9 Å². The molecule has 1 aliphatic rings. The normalized spacial score (nSPS) is 21.6. The van der Waals surface area contributed by atoms with E-state index in [1.165, 1.54) is 5.56 Å². The van der Waals surface area contributed by atoms with E-state index in [9.17, 15) is 10.2 Å². The van der Waals surface area contributed by atoms with Crippen molar-refractivity contribution in [1.82, 2.24) is 4.90 Å². The lowest BCUT2D eigenvalue weighted by Gasteiger charge is -2.31. The first-order valence-corrected chi connectivity index (χ1v) is 7.47. The van der Waals surface area contributed by atoms with Crippen LogP contribution >= 0.6 is 0 Å². The molecule has 2 atom stereocenters. The van der Waals surface area contributed by atoms with Crippen LogP contribution < -0.4 is 4.74 Å². The minimum absolute atomic E-state index is 0.251. The third-order valence-electron chi connectivity index (χ3n) is 3.72. The SMILES string of the molecule is CCc1ccc(OC[C@@H](O)CN2CCC[C@H](O)C2)cc1. The van der Waals surface area contributed by atoms with Gasteiger partial charge in [-0.3, -0.25) is 4.90 Å². The Hall–Kier alpha value is -1.10. The predicted molar refractivity (Wildman–Crippen MR) is 79.0 cm³/mol. The summed E-state index contributed by atoms with van der Waals surface area (Å²) in [6, 6.07) is 7.97. The molecule has 1 saturated heterocycles. The van der Waals surface area contributed by atoms with Crippen molar-refractivity contribution in [1.29, 1.82) is 0 Å². The molecule has 0 amide bonds. The topological polar surface area (TPSA) is 52.9 Å². The van der Waals surface area contributed by atoms with Crippen LogP contribution in [0.4, 0.5) is 0 Å². The molecule has 0 saturated carbocycles. The summed E-state index contributed by atoms with van der Waals surface area (Å²) in [7, 11) is 0. The van der Waals surface area contributed by atoms with E-state index in [1.54, 1.807) is 0 Å². The van der Waals surface area contributed by atoms with E-state index in [2.05, 4.69) is 11.8 Å². The molecular formula is C16H25NO3. The minimum atomic E-state index is -0.522. The summed E-state index contributed by atoms with van der Waals surface area (Å²) in [4.78, 5) is 2.10. The quantitative estimate of drug-likeness (QED) is 0.827. The molecule has 1 aliphatic heterocycles. The zero-order valence-corrected chi connectivity index (χ0v) is 12.2. The van der Waals surface area contributed by atoms with E-state index in [-0.39, 0.29) is 12.7 Å². The molecular weight excluding hydrogens is 254 g/mol. The molecule has 1 fully saturated rings. The summed E-state index contributed by atoms with van der Waals surface area (Å²) in [5.74, 6) is 0.792. The number of aliphatic hydroxyl groups is 2. The molecule has 2 rings (SSSR count). The second-order valence-electron chi connectivity index (χ2n) is 5.52. The summed E-state index contributed by atoms with van der Waals surface area (Å²) in [5, 5.41) is 19.6. The monoisotopic (exact) mass is 279 g/mol. The van der Waals surface area contributed by atoms with Gasteiger partial charge in [-0.05, 0) is 43.5 Å². The summed E-state index contributed by atoms with van der Waals surface area (Å²) in [5.41, 5.74) is 1.28. The van der Waals surface area contributed by atoms with Crippen LogP contribution in [-0.2, 0) is 6.42 Å². The maximum atomic E-state index is 10.0. The molecule has 2 N–H and O–H groups in total. The van der Waals surface area contributed by atoms with E-state index >= 15 is 0 Å². The van der Waals surface area contributed by atoms with E-state index in [4.69, 9.17) is 4.74 Å². The zero-order chi connectivity index (χ0) is 14.4. The Morgan fingerprint density at radius 1 is 1.35 bits per heavy atom. The van der Waals surface area contributed by atoms with Gasteiger partial charge in [-0.2, -0.15) is 0 Å². The maximum Gasteiger partial charge on any atom is 0.119 e. The Labute approximate surface area is 121 Å². The van der Waals surface area contributed by atoms with Crippen molar-refractivity contribution in [3.8, 4) is 5.75 Å². The van der Waals surface area contributed by atoms with E-state index in [0.717, 1.165) is 31.6 Å². The molecule has 4 heteroatoms. The molecule has 0 bridgehead atoms. The molecule has 0 spiro atoms. The van der Waals surface area contributed by atoms with Gasteiger partial charge in [0.2, 0.25) is 0 Å². The predicted octanol–water partition coefficient (Wildman–Crippen LogP) is 1.45. The van der Waals surface area contributed by atoms with Crippen molar-refractivity contribution >= 4 is 0 Å². The lowest BCUT2D eigenvalue weighted by molar-refractivity contribution is 0.0243. The molecule has 4 nitrogen and oxygen atoms in total. The third-order valence-corrected chi connectivity index (χ3v) is 3.72. The number of aryl methyl sites for hydroxylation is 1. The number of β-amino-alcohol motifs (C(OH)–C–C–N with tert-alkyl or cyclic N) is 2. The van der Waals surface area contributed by atoms with Crippen molar-refractivity contribution in [2.45, 2.75) is 38.4 Å². The van der Waals surface area contributed by atoms with Crippen molar-refractivity contribution in [3.05, 3.63) is 29.8 Å². The second-order valence-corrected chi connectivity index (χ2v) is 5.52. The average molecular weight is 279 g/mol. The van der Waals surface area contributed by atoms with Gasteiger partial charge in [0, 0.05) is 13.1 Å². The lowest BCUT2D eigenvalue weighted by atomic mass is 10.1. The first kappa shape index (κ1) is 15.3. The molecule has 1 aromatic carbocycles. The van der Waals surface area contributed by atoms with Crippen LogP contribution in [0.15, 0.2) is 24.3 Å². The number of likely N-dealkylation sites (tertiary alicyclic amines) is 1. The molecule has 112 valence electrons. The number of ether oxygens (including phenoxy) is 1. The van der Waals surface area contributed by atoms with E-state index in [0.29, 0.717) is 13.1 Å². The minimum Gasteiger partial charge on any atom is -0.491 e. The highest BCUT2D eigenvalue weighted by atomic mass is 16.5. The van der Waals surface area contributed by atoms with Gasteiger partial charge in [-0.25, -0.2) is 0 Å². The molecule has 0 aliphatic carbocycles. The van der Waals surface area contributed by atoms with Gasteiger partial charge in [-0.15, -0.1) is 0 Å². The Morgan fingerprint density at radius 2 is 2.10 bits per heavy atom. The standard InChI is InChI=1S/C16H25NO3/c1-2-13-5-7-16(8-6-13)20-12-15(19)11-17-9-3-4-14(18)10-17/h5-8,14-15,18-19H,2-4,9-12H2,1H3/t14-,15-/m0/s1. The Bertz CT molecular complexity index is 393. The first-order chi connectivity index (χ1) is 9.67. The number of aliphatic hydroxyl groups excluding tert-OH is 2. The number of benzene rings is 1. The van der Waals surface area contributed by atoms with Crippen LogP contribution in [0.5, 0.6) is 5.75 Å². The van der Waals surface area contributed by atoms with Crippen LogP contribution in [0.25, 0.3) is 0 Å². The molecule has 20 heavy (non-hydrogen) atoms. The fraction of sp³-hybridized carbons (Fsp3) is 0.625. The molecule has 0 aromatic heterocycles. The fourth-order valence-corrected chi connectivity index (χ4v) is 2.56. The molecule has 1 heterocycles. The van der Waals surface area contributed by atoms with Crippen molar-refractivity contribution in [2.24, 2.45) is 0 Å². The molecule has 0 unspecified atom stereocenters. The fourth-order valence-electron chi connectivity index (χ4n) is 2.56. The third kappa shape index (κ3) is 4.78. The highest BCUT2D eigenvalue weighted by Crippen LogP contribution is 2.14. The van der Waals surface area contributed by atoms with Gasteiger partial charge in [0.05, 0.1) is 6.10 Å². The number of piperidine rings is 1. The maximum absolute atomic E-state index is 10.0. The van der Waals surface area contributed by atoms with Crippen LogP contribution in [0.3, 0.4) is 0 Å². The second kappa shape index (κ2) is 7.62. The summed E-state index contributed by atoms with van der Waals surface area (Å²) in [6.45, 7) is 4.57. The summed E-state index contributed by atoms with van der Waals surface area (Å²) < 4.78 is 5.60. The first-order valence-electron chi connectivity index (χ1n) is 7.47. The van der Waals surface area contributed by atoms with Crippen molar-refractivity contribution in [2.75, 3.05) is 26.2 Å². The number of hydrogen-bond donors (Lipinski definition) is 2. The van der Waals surface area contributed by atoms with Crippen molar-refractivity contribution in [3.63, 3.8) is 0 Å². The number of nitrogens with zero attached hydrogens (tertiary/aromatic N) is 1. The van der Waals surface area contributed by atoms with Crippen LogP contribution in [0.1, 0.15) is 25.3 Å². The van der Waals surface area contributed by atoms with Gasteiger partial charge in [0.1, 0.15) is 18.5 Å². The van der Waals surface area contributed by atoms with Crippen LogP contribution in [0.2, 0.25) is 0 Å². The van der Waals surface area contributed by atoms with E-state index < -0.39 is 6.10 Å². The molecule has 1 aromatic rings. The van der Waals surface area contributed by atoms with E-state index in [1.807, 2.05) is 24.3 Å². The molecule has 0 radical (unpaired) electrons. The van der Waals surface area contributed by atoms with Crippen LogP contribution in [-0.4, -0.2) is 53.6 Å². The van der Waals surface area contributed by atoms with Gasteiger partial charge < -0.3 is 14.9 Å². The highest BCUT2D eigenvalue weighted by molar-refractivity contribution is 5.27. The Kier molecular flexibility index (Phi) is 5.83. The Balaban J connectivity index is 1.72. The van der Waals surface area contributed by atoms with Gasteiger partial charge in [-0.1, -0.05) is 19.1 Å². The summed E-state index contributed by atoms with van der Waals surface area (Å²) >= 11 is 0. The largest absolute Gasteiger partial charge is 0.491 e. The van der Waals surface area contributed by atoms with Gasteiger partial charge in [0.25, 0.3) is 0 Å². The zero-order valence-electron chi connectivity index (χ0n) is 12.2. The van der Waals surface area contributed by atoms with Crippen LogP contribution in [0, 0.1) is 0 Å². The number of rotatable bonds is 6. The number of hydrogen-bond acceptors (Lipinski definition) is 4. The lowest BCUT2D eigenvalue weighted by Crippen LogP contribution is -2.43.